The minimum Gasteiger partial charge on any atom is -0.390 e. The lowest BCUT2D eigenvalue weighted by atomic mass is 9.41. The van der Waals surface area contributed by atoms with Crippen molar-refractivity contribution in [3.63, 3.8) is 0 Å². The number of hydrogen-bond donors (Lipinski definition) is 2. The number of nitrogens with one attached hydrogen (secondary N) is 1. The van der Waals surface area contributed by atoms with Gasteiger partial charge in [0, 0.05) is 31.8 Å². The molecule has 8 aliphatic rings. The molecule has 2 aliphatic heterocycles. The van der Waals surface area contributed by atoms with Crippen molar-refractivity contribution >= 4 is 11.8 Å². The molecule has 0 aromatic heterocycles. The summed E-state index contributed by atoms with van der Waals surface area (Å²) in [5.74, 6) is 2.87. The Labute approximate surface area is 282 Å². The smallest absolute Gasteiger partial charge is 0.223 e. The molecule has 13 atom stereocenters. The Balaban J connectivity index is 0.987. The van der Waals surface area contributed by atoms with Gasteiger partial charge in [-0.25, -0.2) is 0 Å². The summed E-state index contributed by atoms with van der Waals surface area (Å²) >= 11 is 0. The summed E-state index contributed by atoms with van der Waals surface area (Å²) < 4.78 is 19.8. The zero-order valence-corrected chi connectivity index (χ0v) is 30.0. The third kappa shape index (κ3) is 4.65. The largest absolute Gasteiger partial charge is 0.390 e. The van der Waals surface area contributed by atoms with Gasteiger partial charge in [0.25, 0.3) is 0 Å². The molecule has 2 heterocycles. The summed E-state index contributed by atoms with van der Waals surface area (Å²) in [5.41, 5.74) is 0.528. The Bertz CT molecular complexity index is 1270. The standard InChI is InChI=1S/C39H62N2O6/c1-23-19-25(9-12-29(42)40-6)46-33-32(23)36(4)15-16-39-22-38(39)14-13-28(35(2,3)26(38)10-11-27(39)37(36,5)34(33)44)47-31-21-41(17-18-45-31)30(43)20-24-7-8-24/h23-28,31-34,44H,7-22H2,1-6H3,(H,40,42)/t23-,25?,26+,27?,28+,31+,32+,33?,34+,36-,37-,38-,39+/m1/s1. The first kappa shape index (κ1) is 33.0. The predicted molar refractivity (Wildman–Crippen MR) is 178 cm³/mol. The summed E-state index contributed by atoms with van der Waals surface area (Å²) in [6, 6.07) is 0. The quantitative estimate of drug-likeness (QED) is 0.366. The van der Waals surface area contributed by atoms with Crippen molar-refractivity contribution in [2.24, 2.45) is 56.7 Å². The van der Waals surface area contributed by atoms with Gasteiger partial charge in [0.15, 0.2) is 6.29 Å². The number of fused-ring (bicyclic) bond motifs is 4. The van der Waals surface area contributed by atoms with E-state index < -0.39 is 6.10 Å². The molecule has 3 unspecified atom stereocenters. The maximum absolute atomic E-state index is 12.9. The topological polar surface area (TPSA) is 97.3 Å². The van der Waals surface area contributed by atoms with Crippen LogP contribution in [-0.2, 0) is 23.8 Å². The summed E-state index contributed by atoms with van der Waals surface area (Å²) in [6.07, 6.45) is 12.8. The number of rotatable bonds is 7. The van der Waals surface area contributed by atoms with E-state index in [0.29, 0.717) is 73.0 Å². The van der Waals surface area contributed by atoms with Crippen LogP contribution in [0.3, 0.4) is 0 Å². The third-order valence-electron chi connectivity index (χ3n) is 16.6. The lowest BCUT2D eigenvalue weighted by Crippen LogP contribution is -2.60. The number of aliphatic hydroxyl groups excluding tert-OH is 1. The minimum absolute atomic E-state index is 0.0238. The van der Waals surface area contributed by atoms with Gasteiger partial charge in [0.1, 0.15) is 0 Å². The summed E-state index contributed by atoms with van der Waals surface area (Å²) in [6.45, 7) is 14.1. The second-order valence-electron chi connectivity index (χ2n) is 18.8. The SMILES string of the molecule is CNC(=O)CCC1C[C@@H](C)[C@H]2C(O1)[C@H](O)[C@@]1(C)C3CC[C@H]4C(C)(C)[C@@H](O[C@H]5CN(C(=O)CC6CC6)CCO5)CC[C@@]45C[C@@]35CC[C@]21C. The molecule has 2 saturated heterocycles. The highest BCUT2D eigenvalue weighted by atomic mass is 16.7. The third-order valence-corrected chi connectivity index (χ3v) is 16.6. The number of carbonyl (C=O) groups excluding carboxylic acids is 2. The number of nitrogens with zero attached hydrogens (tertiary/aromatic N) is 1. The molecular weight excluding hydrogens is 592 g/mol. The molecule has 0 aromatic carbocycles. The van der Waals surface area contributed by atoms with Crippen LogP contribution in [0.1, 0.15) is 118 Å². The Morgan fingerprint density at radius 2 is 1.74 bits per heavy atom. The van der Waals surface area contributed by atoms with Crippen LogP contribution >= 0.6 is 0 Å². The van der Waals surface area contributed by atoms with Crippen molar-refractivity contribution in [1.82, 2.24) is 10.2 Å². The number of amides is 2. The number of aliphatic hydroxyl groups is 1. The van der Waals surface area contributed by atoms with E-state index in [2.05, 4.69) is 39.9 Å². The number of hydrogen-bond acceptors (Lipinski definition) is 6. The fraction of sp³-hybridized carbons (Fsp3) is 0.949. The molecule has 8 fully saturated rings. The summed E-state index contributed by atoms with van der Waals surface area (Å²) in [7, 11) is 1.70. The van der Waals surface area contributed by atoms with Gasteiger partial charge in [-0.1, -0.05) is 34.6 Å². The van der Waals surface area contributed by atoms with Crippen LogP contribution in [0.25, 0.3) is 0 Å². The molecule has 2 spiro atoms. The van der Waals surface area contributed by atoms with Crippen molar-refractivity contribution in [1.29, 1.82) is 0 Å². The summed E-state index contributed by atoms with van der Waals surface area (Å²) in [5, 5.41) is 15.2. The van der Waals surface area contributed by atoms with Crippen LogP contribution in [0.5, 0.6) is 0 Å². The number of morpholine rings is 1. The number of carbonyl (C=O) groups is 2. The fourth-order valence-electron chi connectivity index (χ4n) is 14.0. The Kier molecular flexibility index (Phi) is 7.81. The van der Waals surface area contributed by atoms with Gasteiger partial charge in [-0.05, 0) is 122 Å². The minimum atomic E-state index is -0.471. The van der Waals surface area contributed by atoms with Gasteiger partial charge < -0.3 is 29.5 Å². The van der Waals surface area contributed by atoms with Crippen LogP contribution in [-0.4, -0.2) is 79.3 Å². The van der Waals surface area contributed by atoms with E-state index in [1.54, 1.807) is 7.05 Å². The van der Waals surface area contributed by atoms with Crippen LogP contribution in [0.15, 0.2) is 0 Å². The molecule has 6 saturated carbocycles. The van der Waals surface area contributed by atoms with E-state index in [4.69, 9.17) is 14.2 Å². The molecule has 6 aliphatic carbocycles. The van der Waals surface area contributed by atoms with Crippen molar-refractivity contribution in [3.8, 4) is 0 Å². The molecule has 2 N–H and O–H groups in total. The van der Waals surface area contributed by atoms with E-state index in [0.717, 1.165) is 19.3 Å². The van der Waals surface area contributed by atoms with Crippen LogP contribution < -0.4 is 5.32 Å². The van der Waals surface area contributed by atoms with E-state index in [1.807, 2.05) is 4.90 Å². The van der Waals surface area contributed by atoms with E-state index in [-0.39, 0.29) is 52.7 Å². The molecule has 8 nitrogen and oxygen atoms in total. The zero-order valence-electron chi connectivity index (χ0n) is 30.0. The van der Waals surface area contributed by atoms with Gasteiger partial charge in [0.2, 0.25) is 11.8 Å². The Morgan fingerprint density at radius 3 is 2.49 bits per heavy atom. The molecule has 8 heteroatoms. The number of ether oxygens (including phenoxy) is 3. The van der Waals surface area contributed by atoms with Crippen molar-refractivity contribution in [2.75, 3.05) is 26.7 Å². The van der Waals surface area contributed by atoms with Crippen LogP contribution in [0.4, 0.5) is 0 Å². The Morgan fingerprint density at radius 1 is 1.00 bits per heavy atom. The Hall–Kier alpha value is -1.22. The van der Waals surface area contributed by atoms with Gasteiger partial charge in [-0.15, -0.1) is 0 Å². The van der Waals surface area contributed by atoms with Crippen molar-refractivity contribution in [2.45, 2.75) is 149 Å². The molecule has 264 valence electrons. The van der Waals surface area contributed by atoms with Gasteiger partial charge in [0.05, 0.1) is 37.6 Å². The monoisotopic (exact) mass is 654 g/mol. The van der Waals surface area contributed by atoms with Crippen LogP contribution in [0.2, 0.25) is 0 Å². The van der Waals surface area contributed by atoms with Crippen molar-refractivity contribution < 1.29 is 28.9 Å². The highest BCUT2D eigenvalue weighted by Crippen LogP contribution is 2.89. The van der Waals surface area contributed by atoms with E-state index in [1.165, 1.54) is 51.4 Å². The molecular formula is C39H62N2O6. The first-order valence-electron chi connectivity index (χ1n) is 19.4. The maximum Gasteiger partial charge on any atom is 0.223 e. The molecule has 0 bridgehead atoms. The second kappa shape index (κ2) is 11.1. The summed E-state index contributed by atoms with van der Waals surface area (Å²) in [4.78, 5) is 26.9. The zero-order chi connectivity index (χ0) is 33.1. The molecule has 0 aromatic rings. The molecule has 8 rings (SSSR count). The van der Waals surface area contributed by atoms with Gasteiger partial charge in [-0.3, -0.25) is 9.59 Å². The average molecular weight is 655 g/mol. The lowest BCUT2D eigenvalue weighted by molar-refractivity contribution is -0.248. The van der Waals surface area contributed by atoms with Gasteiger partial charge in [-0.2, -0.15) is 0 Å². The maximum atomic E-state index is 12.9. The first-order chi connectivity index (χ1) is 22.3. The molecule has 0 radical (unpaired) electrons. The van der Waals surface area contributed by atoms with Gasteiger partial charge >= 0.3 is 0 Å². The second-order valence-corrected chi connectivity index (χ2v) is 18.8. The van der Waals surface area contributed by atoms with E-state index >= 15 is 0 Å². The molecule has 47 heavy (non-hydrogen) atoms. The predicted octanol–water partition coefficient (Wildman–Crippen LogP) is 5.70. The van der Waals surface area contributed by atoms with E-state index in [9.17, 15) is 14.7 Å². The highest BCUT2D eigenvalue weighted by molar-refractivity contribution is 5.77. The highest BCUT2D eigenvalue weighted by Gasteiger charge is 2.84. The average Bonchev–Trinajstić information content (AvgIpc) is 3.96. The van der Waals surface area contributed by atoms with Crippen LogP contribution in [0, 0.1) is 56.7 Å². The normalized spacial score (nSPS) is 51.1. The fourth-order valence-corrected chi connectivity index (χ4v) is 14.0. The first-order valence-corrected chi connectivity index (χ1v) is 19.4. The van der Waals surface area contributed by atoms with Crippen molar-refractivity contribution in [3.05, 3.63) is 0 Å². The molecule has 2 amide bonds. The lowest BCUT2D eigenvalue weighted by Gasteiger charge is -2.64.